The number of hydrogen-bond donors (Lipinski definition) is 2. The van der Waals surface area contributed by atoms with E-state index in [0.29, 0.717) is 0 Å². The fourth-order valence-electron chi connectivity index (χ4n) is 1.14. The first-order chi connectivity index (χ1) is 6.75. The molecular formula is C9H8N2O2S. The van der Waals surface area contributed by atoms with Crippen LogP contribution in [0.15, 0.2) is 30.3 Å². The molecule has 1 aliphatic rings. The highest BCUT2D eigenvalue weighted by molar-refractivity contribution is 8.15. The third kappa shape index (κ3) is 1.88. The molecular weight excluding hydrogens is 200 g/mol. The molecule has 14 heavy (non-hydrogen) atoms. The lowest BCUT2D eigenvalue weighted by molar-refractivity contribution is -0.118. The summed E-state index contributed by atoms with van der Waals surface area (Å²) < 4.78 is 0. The highest BCUT2D eigenvalue weighted by atomic mass is 32.2. The number of carbonyl (C=O) groups excluding carboxylic acids is 2. The van der Waals surface area contributed by atoms with Gasteiger partial charge in [-0.25, -0.2) is 0 Å². The summed E-state index contributed by atoms with van der Waals surface area (Å²) in [5.74, 6) is -0.288. The standard InChI is InChI=1S/C9H8N2O2S/c12-7-8(14-9(13)11-7)10-6-4-2-1-3-5-6/h1-5,8,10H,(H,11,12,13). The molecule has 0 spiro atoms. The van der Waals surface area contributed by atoms with Gasteiger partial charge in [-0.15, -0.1) is 0 Å². The Morgan fingerprint density at radius 1 is 1.21 bits per heavy atom. The van der Waals surface area contributed by atoms with Crippen molar-refractivity contribution in [2.24, 2.45) is 0 Å². The van der Waals surface area contributed by atoms with Crippen LogP contribution in [0.3, 0.4) is 0 Å². The van der Waals surface area contributed by atoms with Gasteiger partial charge in [-0.05, 0) is 23.9 Å². The Labute approximate surface area is 85.1 Å². The van der Waals surface area contributed by atoms with E-state index in [4.69, 9.17) is 0 Å². The highest BCUT2D eigenvalue weighted by Crippen LogP contribution is 2.20. The van der Waals surface area contributed by atoms with Crippen LogP contribution in [0.5, 0.6) is 0 Å². The zero-order valence-electron chi connectivity index (χ0n) is 7.19. The average molecular weight is 208 g/mol. The monoisotopic (exact) mass is 208 g/mol. The fourth-order valence-corrected chi connectivity index (χ4v) is 1.87. The van der Waals surface area contributed by atoms with Crippen molar-refractivity contribution in [1.82, 2.24) is 5.32 Å². The van der Waals surface area contributed by atoms with Crippen molar-refractivity contribution in [2.45, 2.75) is 5.37 Å². The molecule has 0 saturated carbocycles. The Kier molecular flexibility index (Phi) is 2.41. The Morgan fingerprint density at radius 2 is 1.93 bits per heavy atom. The predicted octanol–water partition coefficient (Wildman–Crippen LogP) is 1.41. The number of hydrogen-bond acceptors (Lipinski definition) is 4. The quantitative estimate of drug-likeness (QED) is 0.771. The van der Waals surface area contributed by atoms with Gasteiger partial charge in [-0.3, -0.25) is 14.9 Å². The van der Waals surface area contributed by atoms with Crippen molar-refractivity contribution in [3.05, 3.63) is 30.3 Å². The minimum absolute atomic E-state index is 0.288. The number of nitrogens with one attached hydrogen (secondary N) is 2. The summed E-state index contributed by atoms with van der Waals surface area (Å²) in [7, 11) is 0. The van der Waals surface area contributed by atoms with Crippen LogP contribution < -0.4 is 10.6 Å². The van der Waals surface area contributed by atoms with Crippen LogP contribution in [0.2, 0.25) is 0 Å². The summed E-state index contributed by atoms with van der Waals surface area (Å²) in [6, 6.07) is 9.30. The molecule has 72 valence electrons. The maximum absolute atomic E-state index is 11.2. The first-order valence-corrected chi connectivity index (χ1v) is 4.97. The van der Waals surface area contributed by atoms with Gasteiger partial charge < -0.3 is 5.32 Å². The fraction of sp³-hybridized carbons (Fsp3) is 0.111. The van der Waals surface area contributed by atoms with Gasteiger partial charge in [-0.2, -0.15) is 0 Å². The van der Waals surface area contributed by atoms with E-state index in [2.05, 4.69) is 10.6 Å². The van der Waals surface area contributed by atoms with Crippen molar-refractivity contribution in [2.75, 3.05) is 5.32 Å². The summed E-state index contributed by atoms with van der Waals surface area (Å²) in [5, 5.41) is 4.35. The second kappa shape index (κ2) is 3.71. The number of imide groups is 1. The van der Waals surface area contributed by atoms with Crippen LogP contribution >= 0.6 is 11.8 Å². The number of thioether (sulfide) groups is 1. The molecule has 2 rings (SSSR count). The third-order valence-corrected chi connectivity index (χ3v) is 2.64. The molecule has 1 aromatic carbocycles. The number of amides is 2. The molecule has 1 aromatic rings. The van der Waals surface area contributed by atoms with Crippen LogP contribution in [-0.4, -0.2) is 16.5 Å². The lowest BCUT2D eigenvalue weighted by Gasteiger charge is -2.08. The van der Waals surface area contributed by atoms with E-state index in [1.165, 1.54) is 0 Å². The van der Waals surface area contributed by atoms with E-state index in [9.17, 15) is 9.59 Å². The SMILES string of the molecule is O=C1NC(=O)C(Nc2ccccc2)S1. The normalized spacial score (nSPS) is 20.7. The van der Waals surface area contributed by atoms with Gasteiger partial charge in [-0.1, -0.05) is 18.2 Å². The van der Waals surface area contributed by atoms with Crippen LogP contribution in [0, 0.1) is 0 Å². The molecule has 1 aliphatic heterocycles. The molecule has 1 atom stereocenters. The Balaban J connectivity index is 2.05. The van der Waals surface area contributed by atoms with Crippen LogP contribution in [0.4, 0.5) is 10.5 Å². The molecule has 1 saturated heterocycles. The minimum atomic E-state index is -0.509. The van der Waals surface area contributed by atoms with Gasteiger partial charge in [0.2, 0.25) is 0 Å². The third-order valence-electron chi connectivity index (χ3n) is 1.76. The summed E-state index contributed by atoms with van der Waals surface area (Å²) in [6.07, 6.45) is 0. The topological polar surface area (TPSA) is 58.2 Å². The number of para-hydroxylation sites is 1. The Hall–Kier alpha value is -1.49. The number of carbonyl (C=O) groups is 2. The molecule has 5 heteroatoms. The van der Waals surface area contributed by atoms with Gasteiger partial charge >= 0.3 is 0 Å². The van der Waals surface area contributed by atoms with Gasteiger partial charge in [0.25, 0.3) is 11.1 Å². The summed E-state index contributed by atoms with van der Waals surface area (Å²) >= 11 is 0.958. The second-order valence-corrected chi connectivity index (χ2v) is 3.86. The molecule has 2 N–H and O–H groups in total. The molecule has 0 aromatic heterocycles. The smallest absolute Gasteiger partial charge is 0.288 e. The summed E-state index contributed by atoms with van der Waals surface area (Å²) in [6.45, 7) is 0. The maximum Gasteiger partial charge on any atom is 0.288 e. The Bertz CT molecular complexity index is 366. The lowest BCUT2D eigenvalue weighted by Crippen LogP contribution is -2.29. The summed E-state index contributed by atoms with van der Waals surface area (Å²) in [4.78, 5) is 22.0. The molecule has 1 fully saturated rings. The number of anilines is 1. The highest BCUT2D eigenvalue weighted by Gasteiger charge is 2.31. The second-order valence-electron chi connectivity index (χ2n) is 2.78. The molecule has 1 heterocycles. The maximum atomic E-state index is 11.2. The largest absolute Gasteiger partial charge is 0.365 e. The molecule has 0 bridgehead atoms. The van der Waals surface area contributed by atoms with Crippen LogP contribution in [0.1, 0.15) is 0 Å². The van der Waals surface area contributed by atoms with E-state index < -0.39 is 5.37 Å². The zero-order valence-corrected chi connectivity index (χ0v) is 8.01. The van der Waals surface area contributed by atoms with Gasteiger partial charge in [0.15, 0.2) is 5.37 Å². The van der Waals surface area contributed by atoms with Crippen LogP contribution in [-0.2, 0) is 4.79 Å². The Morgan fingerprint density at radius 3 is 2.50 bits per heavy atom. The summed E-state index contributed by atoms with van der Waals surface area (Å²) in [5.41, 5.74) is 0.829. The number of benzene rings is 1. The van der Waals surface area contributed by atoms with Crippen LogP contribution in [0.25, 0.3) is 0 Å². The molecule has 4 nitrogen and oxygen atoms in total. The van der Waals surface area contributed by atoms with E-state index >= 15 is 0 Å². The van der Waals surface area contributed by atoms with Gasteiger partial charge in [0.1, 0.15) is 0 Å². The van der Waals surface area contributed by atoms with Crippen molar-refractivity contribution >= 4 is 28.6 Å². The average Bonchev–Trinajstić information content (AvgIpc) is 2.47. The van der Waals surface area contributed by atoms with Crippen molar-refractivity contribution in [3.8, 4) is 0 Å². The minimum Gasteiger partial charge on any atom is -0.365 e. The lowest BCUT2D eigenvalue weighted by atomic mass is 10.3. The van der Waals surface area contributed by atoms with Crippen molar-refractivity contribution in [1.29, 1.82) is 0 Å². The van der Waals surface area contributed by atoms with Crippen molar-refractivity contribution < 1.29 is 9.59 Å². The van der Waals surface area contributed by atoms with Gasteiger partial charge in [0, 0.05) is 5.69 Å². The van der Waals surface area contributed by atoms with E-state index in [1.54, 1.807) is 0 Å². The van der Waals surface area contributed by atoms with E-state index in [1.807, 2.05) is 30.3 Å². The predicted molar refractivity (Wildman–Crippen MR) is 55.0 cm³/mol. The molecule has 0 radical (unpaired) electrons. The molecule has 0 aliphatic carbocycles. The number of rotatable bonds is 2. The van der Waals surface area contributed by atoms with Crippen molar-refractivity contribution in [3.63, 3.8) is 0 Å². The first kappa shape index (κ1) is 9.08. The molecule has 2 amide bonds. The zero-order chi connectivity index (χ0) is 9.97. The first-order valence-electron chi connectivity index (χ1n) is 4.09. The molecule has 1 unspecified atom stereocenters. The van der Waals surface area contributed by atoms with E-state index in [0.717, 1.165) is 17.4 Å². The van der Waals surface area contributed by atoms with E-state index in [-0.39, 0.29) is 11.1 Å². The van der Waals surface area contributed by atoms with Gasteiger partial charge in [0.05, 0.1) is 0 Å².